The second-order valence-corrected chi connectivity index (χ2v) is 9.79. The molecule has 3 aromatic carbocycles. The van der Waals surface area contributed by atoms with Gasteiger partial charge in [0.25, 0.3) is 10.0 Å². The van der Waals surface area contributed by atoms with Gasteiger partial charge in [-0.05, 0) is 55.8 Å². The molecule has 0 spiro atoms. The van der Waals surface area contributed by atoms with Crippen LogP contribution in [0.5, 0.6) is 17.2 Å². The fraction of sp³-hybridized carbons (Fsp3) is 0.269. The first-order chi connectivity index (χ1) is 16.7. The number of rotatable bonds is 10. The van der Waals surface area contributed by atoms with Crippen LogP contribution >= 0.6 is 0 Å². The molecule has 1 N–H and O–H groups in total. The average Bonchev–Trinajstić information content (AvgIpc) is 2.87. The molecule has 1 atom stereocenters. The van der Waals surface area contributed by atoms with Crippen molar-refractivity contribution in [2.24, 2.45) is 0 Å². The molecule has 0 fully saturated rings. The van der Waals surface area contributed by atoms with Crippen molar-refractivity contribution in [2.75, 3.05) is 32.2 Å². The van der Waals surface area contributed by atoms with Gasteiger partial charge >= 0.3 is 0 Å². The molecule has 1 amide bonds. The first-order valence-corrected chi connectivity index (χ1v) is 12.4. The smallest absolute Gasteiger partial charge is 0.264 e. The third-order valence-corrected chi connectivity index (χ3v) is 7.32. The molecule has 0 saturated carbocycles. The molecule has 186 valence electrons. The molecule has 0 aliphatic carbocycles. The molecule has 0 heterocycles. The number of benzene rings is 3. The highest BCUT2D eigenvalue weighted by Crippen LogP contribution is 2.32. The highest BCUT2D eigenvalue weighted by Gasteiger charge is 2.29. The van der Waals surface area contributed by atoms with Crippen molar-refractivity contribution >= 4 is 21.6 Å². The van der Waals surface area contributed by atoms with E-state index in [-0.39, 0.29) is 16.7 Å². The first kappa shape index (κ1) is 25.9. The number of aryl methyl sites for hydroxylation is 1. The van der Waals surface area contributed by atoms with Crippen LogP contribution in [-0.4, -0.2) is 42.2 Å². The largest absolute Gasteiger partial charge is 0.497 e. The lowest BCUT2D eigenvalue weighted by Crippen LogP contribution is -2.41. The van der Waals surface area contributed by atoms with Gasteiger partial charge in [0.1, 0.15) is 12.3 Å². The molecule has 0 saturated heterocycles. The molecule has 1 unspecified atom stereocenters. The summed E-state index contributed by atoms with van der Waals surface area (Å²) in [5, 5.41) is 2.88. The van der Waals surface area contributed by atoms with Gasteiger partial charge in [0.2, 0.25) is 5.91 Å². The van der Waals surface area contributed by atoms with Crippen LogP contribution in [0.15, 0.2) is 71.6 Å². The molecule has 0 aliphatic heterocycles. The number of amides is 1. The number of carbonyl (C=O) groups is 1. The van der Waals surface area contributed by atoms with Gasteiger partial charge in [0.15, 0.2) is 11.5 Å². The molecule has 9 heteroatoms. The molecule has 8 nitrogen and oxygen atoms in total. The van der Waals surface area contributed by atoms with Gasteiger partial charge in [-0.2, -0.15) is 0 Å². The number of nitrogens with zero attached hydrogens (tertiary/aromatic N) is 1. The minimum atomic E-state index is -4.11. The van der Waals surface area contributed by atoms with Gasteiger partial charge in [-0.25, -0.2) is 8.42 Å². The zero-order valence-corrected chi connectivity index (χ0v) is 21.3. The van der Waals surface area contributed by atoms with Crippen LogP contribution in [0.4, 0.5) is 5.69 Å². The van der Waals surface area contributed by atoms with E-state index in [2.05, 4.69) is 5.32 Å². The Kier molecular flexibility index (Phi) is 8.24. The van der Waals surface area contributed by atoms with Gasteiger partial charge in [-0.3, -0.25) is 9.10 Å². The Balaban J connectivity index is 1.91. The first-order valence-electron chi connectivity index (χ1n) is 10.9. The Morgan fingerprint density at radius 2 is 1.51 bits per heavy atom. The minimum Gasteiger partial charge on any atom is -0.497 e. The second kappa shape index (κ2) is 11.1. The number of nitrogens with one attached hydrogen (secondary N) is 1. The average molecular weight is 499 g/mol. The van der Waals surface area contributed by atoms with E-state index in [9.17, 15) is 13.2 Å². The Hall–Kier alpha value is -3.72. The normalized spacial score (nSPS) is 11.9. The Labute approximate surface area is 206 Å². The van der Waals surface area contributed by atoms with Gasteiger partial charge in [-0.1, -0.05) is 29.8 Å². The van der Waals surface area contributed by atoms with Crippen LogP contribution in [0.1, 0.15) is 24.1 Å². The highest BCUT2D eigenvalue weighted by molar-refractivity contribution is 7.92. The lowest BCUT2D eigenvalue weighted by molar-refractivity contribution is -0.120. The summed E-state index contributed by atoms with van der Waals surface area (Å²) in [6.45, 7) is 3.33. The summed E-state index contributed by atoms with van der Waals surface area (Å²) in [6, 6.07) is 18.2. The SMILES string of the molecule is COc1ccc(C(C)NC(=O)CN(c2ccc(C)cc2)S(=O)(=O)c2ccc(OC)c(OC)c2)cc1. The third kappa shape index (κ3) is 6.05. The van der Waals surface area contributed by atoms with Gasteiger partial charge in [-0.15, -0.1) is 0 Å². The van der Waals surface area contributed by atoms with E-state index in [0.29, 0.717) is 17.2 Å². The van der Waals surface area contributed by atoms with E-state index >= 15 is 0 Å². The van der Waals surface area contributed by atoms with Crippen LogP contribution in [0.2, 0.25) is 0 Å². The number of carbonyl (C=O) groups excluding carboxylic acids is 1. The molecule has 3 rings (SSSR count). The maximum atomic E-state index is 13.7. The van der Waals surface area contributed by atoms with Crippen molar-refractivity contribution in [2.45, 2.75) is 24.8 Å². The Morgan fingerprint density at radius 3 is 2.09 bits per heavy atom. The molecule has 0 bridgehead atoms. The highest BCUT2D eigenvalue weighted by atomic mass is 32.2. The lowest BCUT2D eigenvalue weighted by atomic mass is 10.1. The van der Waals surface area contributed by atoms with Gasteiger partial charge in [0, 0.05) is 6.07 Å². The van der Waals surface area contributed by atoms with Crippen molar-refractivity contribution in [3.63, 3.8) is 0 Å². The Bertz CT molecular complexity index is 1260. The standard InChI is InChI=1S/C26H30N2O6S/c1-18-6-10-21(11-7-18)28(35(30,31)23-14-15-24(33-4)25(16-23)34-5)17-26(29)27-19(2)20-8-12-22(32-3)13-9-20/h6-16,19H,17H2,1-5H3,(H,27,29). The van der Waals surface area contributed by atoms with Crippen LogP contribution < -0.4 is 23.8 Å². The fourth-order valence-corrected chi connectivity index (χ4v) is 4.96. The van der Waals surface area contributed by atoms with E-state index in [4.69, 9.17) is 14.2 Å². The fourth-order valence-electron chi connectivity index (χ4n) is 3.52. The summed E-state index contributed by atoms with van der Waals surface area (Å²) in [7, 11) is 0.375. The van der Waals surface area contributed by atoms with Crippen molar-refractivity contribution < 1.29 is 27.4 Å². The molecular weight excluding hydrogens is 468 g/mol. The molecular formula is C26H30N2O6S. The number of methoxy groups -OCH3 is 3. The summed E-state index contributed by atoms with van der Waals surface area (Å²) >= 11 is 0. The summed E-state index contributed by atoms with van der Waals surface area (Å²) in [5.74, 6) is 0.936. The zero-order chi connectivity index (χ0) is 25.6. The molecule has 35 heavy (non-hydrogen) atoms. The summed E-state index contributed by atoms with van der Waals surface area (Å²) in [6.07, 6.45) is 0. The summed E-state index contributed by atoms with van der Waals surface area (Å²) in [5.41, 5.74) is 2.20. The lowest BCUT2D eigenvalue weighted by Gasteiger charge is -2.25. The number of anilines is 1. The maximum absolute atomic E-state index is 13.7. The Morgan fingerprint density at radius 1 is 0.886 bits per heavy atom. The number of ether oxygens (including phenoxy) is 3. The van der Waals surface area contributed by atoms with Gasteiger partial charge in [0.05, 0.1) is 38.0 Å². The minimum absolute atomic E-state index is 0.0215. The van der Waals surface area contributed by atoms with Crippen LogP contribution in [-0.2, 0) is 14.8 Å². The van der Waals surface area contributed by atoms with E-state index in [1.165, 1.54) is 32.4 Å². The number of hydrogen-bond acceptors (Lipinski definition) is 6. The van der Waals surface area contributed by atoms with Crippen molar-refractivity contribution in [3.05, 3.63) is 77.9 Å². The van der Waals surface area contributed by atoms with E-state index in [1.54, 1.807) is 43.5 Å². The molecule has 0 aromatic heterocycles. The predicted molar refractivity (Wildman–Crippen MR) is 135 cm³/mol. The topological polar surface area (TPSA) is 94.2 Å². The predicted octanol–water partition coefficient (Wildman–Crippen LogP) is 4.09. The van der Waals surface area contributed by atoms with Crippen LogP contribution in [0.25, 0.3) is 0 Å². The summed E-state index contributed by atoms with van der Waals surface area (Å²) in [4.78, 5) is 13.0. The van der Waals surface area contributed by atoms with E-state index in [1.807, 2.05) is 26.0 Å². The van der Waals surface area contributed by atoms with Crippen LogP contribution in [0, 0.1) is 6.92 Å². The van der Waals surface area contributed by atoms with Crippen molar-refractivity contribution in [3.8, 4) is 17.2 Å². The maximum Gasteiger partial charge on any atom is 0.264 e. The number of sulfonamides is 1. The third-order valence-electron chi connectivity index (χ3n) is 5.55. The van der Waals surface area contributed by atoms with E-state index in [0.717, 1.165) is 15.4 Å². The summed E-state index contributed by atoms with van der Waals surface area (Å²) < 4.78 is 44.1. The van der Waals surface area contributed by atoms with E-state index < -0.39 is 22.5 Å². The van der Waals surface area contributed by atoms with Crippen LogP contribution in [0.3, 0.4) is 0 Å². The number of hydrogen-bond donors (Lipinski definition) is 1. The molecule has 0 aliphatic rings. The zero-order valence-electron chi connectivity index (χ0n) is 20.4. The van der Waals surface area contributed by atoms with Crippen molar-refractivity contribution in [1.82, 2.24) is 5.32 Å². The molecule has 0 radical (unpaired) electrons. The quantitative estimate of drug-likeness (QED) is 0.452. The van der Waals surface area contributed by atoms with Gasteiger partial charge < -0.3 is 19.5 Å². The molecule has 3 aromatic rings. The second-order valence-electron chi connectivity index (χ2n) is 7.93. The van der Waals surface area contributed by atoms with Crippen molar-refractivity contribution in [1.29, 1.82) is 0 Å². The monoisotopic (exact) mass is 498 g/mol.